The number of rotatable bonds is 3. The molecule has 1 aliphatic heterocycles. The summed E-state index contributed by atoms with van der Waals surface area (Å²) in [6.07, 6.45) is -3.60. The van der Waals surface area contributed by atoms with Gasteiger partial charge >= 0.3 is 6.18 Å². The van der Waals surface area contributed by atoms with Gasteiger partial charge in [0.2, 0.25) is 11.8 Å². The predicted octanol–water partition coefficient (Wildman–Crippen LogP) is 2.88. The summed E-state index contributed by atoms with van der Waals surface area (Å²) < 4.78 is 39.2. The molecule has 4 N–H and O–H groups in total. The van der Waals surface area contributed by atoms with E-state index in [9.17, 15) is 22.8 Å². The Morgan fingerprint density at radius 2 is 1.70 bits per heavy atom. The Hall–Kier alpha value is -2.09. The first kappa shape index (κ1) is 21.2. The number of piperidine rings is 1. The largest absolute Gasteiger partial charge is 0.416 e. The van der Waals surface area contributed by atoms with Gasteiger partial charge in [-0.15, -0.1) is 0 Å². The smallest absolute Gasteiger partial charge is 0.366 e. The molecule has 5 nitrogen and oxygen atoms in total. The van der Waals surface area contributed by atoms with Crippen molar-refractivity contribution in [3.63, 3.8) is 0 Å². The zero-order valence-corrected chi connectivity index (χ0v) is 15.8. The minimum Gasteiger partial charge on any atom is -0.366 e. The van der Waals surface area contributed by atoms with Crippen LogP contribution in [0.5, 0.6) is 0 Å². The molecule has 2 amide bonds. The summed E-state index contributed by atoms with van der Waals surface area (Å²) in [5.41, 5.74) is 10.6. The topological polar surface area (TPSA) is 89.4 Å². The molecule has 0 spiro atoms. The second-order valence-electron chi connectivity index (χ2n) is 8.11. The molecule has 0 bridgehead atoms. The molecule has 1 atom stereocenters. The number of likely N-dealkylation sites (tertiary alicyclic amines) is 1. The van der Waals surface area contributed by atoms with E-state index in [-0.39, 0.29) is 22.8 Å². The molecule has 0 aliphatic carbocycles. The highest BCUT2D eigenvalue weighted by molar-refractivity contribution is 5.94. The van der Waals surface area contributed by atoms with Gasteiger partial charge in [0, 0.05) is 18.7 Å². The van der Waals surface area contributed by atoms with Crippen molar-refractivity contribution in [2.75, 3.05) is 13.1 Å². The van der Waals surface area contributed by atoms with E-state index in [1.807, 2.05) is 20.8 Å². The van der Waals surface area contributed by atoms with E-state index in [1.165, 1.54) is 0 Å². The van der Waals surface area contributed by atoms with Crippen molar-refractivity contribution < 1.29 is 22.8 Å². The van der Waals surface area contributed by atoms with Crippen molar-refractivity contribution in [2.45, 2.75) is 51.7 Å². The van der Waals surface area contributed by atoms with Gasteiger partial charge < -0.3 is 16.4 Å². The van der Waals surface area contributed by atoms with Crippen molar-refractivity contribution in [3.8, 4) is 0 Å². The van der Waals surface area contributed by atoms with Crippen LogP contribution in [0.15, 0.2) is 18.2 Å². The van der Waals surface area contributed by atoms with E-state index in [0.29, 0.717) is 31.5 Å². The standard InChI is InChI=1S/C19H26F3N3O2/c1-18(2,3)15(23)17(27)25-8-6-11(7-9-25)14-10-12(19(20,21)22)4-5-13(14)16(24)26/h4-5,10-11,15H,6-9,23H2,1-3H3,(H2,24,26)/t15-/m1/s1. The number of carbonyl (C=O) groups is 2. The van der Waals surface area contributed by atoms with E-state index in [4.69, 9.17) is 11.5 Å². The minimum absolute atomic E-state index is 0.0965. The fourth-order valence-corrected chi connectivity index (χ4v) is 3.28. The lowest BCUT2D eigenvalue weighted by Crippen LogP contribution is -2.52. The summed E-state index contributed by atoms with van der Waals surface area (Å²) in [6, 6.07) is 2.35. The fraction of sp³-hybridized carbons (Fsp3) is 0.579. The first-order chi connectivity index (χ1) is 12.3. The number of alkyl halides is 3. The van der Waals surface area contributed by atoms with Crippen LogP contribution in [0.25, 0.3) is 0 Å². The van der Waals surface area contributed by atoms with Crippen molar-refractivity contribution in [1.82, 2.24) is 4.90 Å². The number of hydrogen-bond donors (Lipinski definition) is 2. The molecule has 8 heteroatoms. The zero-order chi connectivity index (χ0) is 20.6. The molecule has 0 aromatic heterocycles. The number of halogens is 3. The van der Waals surface area contributed by atoms with Crippen LogP contribution < -0.4 is 11.5 Å². The fourth-order valence-electron chi connectivity index (χ4n) is 3.28. The first-order valence-corrected chi connectivity index (χ1v) is 8.87. The van der Waals surface area contributed by atoms with Gasteiger partial charge in [0.15, 0.2) is 0 Å². The van der Waals surface area contributed by atoms with Crippen LogP contribution in [-0.2, 0) is 11.0 Å². The number of nitrogens with zero attached hydrogens (tertiary/aromatic N) is 1. The van der Waals surface area contributed by atoms with E-state index in [2.05, 4.69) is 0 Å². The Labute approximate surface area is 156 Å². The molecule has 1 aromatic rings. The molecule has 2 rings (SSSR count). The highest BCUT2D eigenvalue weighted by atomic mass is 19.4. The number of primary amides is 1. The summed E-state index contributed by atoms with van der Waals surface area (Å²) in [6.45, 7) is 6.39. The predicted molar refractivity (Wildman–Crippen MR) is 95.9 cm³/mol. The van der Waals surface area contributed by atoms with E-state index < -0.39 is 23.7 Å². The molecular weight excluding hydrogens is 359 g/mol. The molecule has 1 aromatic carbocycles. The minimum atomic E-state index is -4.50. The van der Waals surface area contributed by atoms with Crippen molar-refractivity contribution in [3.05, 3.63) is 34.9 Å². The van der Waals surface area contributed by atoms with Crippen LogP contribution in [-0.4, -0.2) is 35.8 Å². The van der Waals surface area contributed by atoms with Crippen molar-refractivity contribution >= 4 is 11.8 Å². The van der Waals surface area contributed by atoms with Crippen molar-refractivity contribution in [2.24, 2.45) is 16.9 Å². The Morgan fingerprint density at radius 1 is 1.15 bits per heavy atom. The number of benzene rings is 1. The average molecular weight is 385 g/mol. The van der Waals surface area contributed by atoms with Crippen LogP contribution in [0.4, 0.5) is 13.2 Å². The SMILES string of the molecule is CC(C)(C)[C@H](N)C(=O)N1CCC(c2cc(C(F)(F)F)ccc2C(N)=O)CC1. The lowest BCUT2D eigenvalue weighted by atomic mass is 9.83. The highest BCUT2D eigenvalue weighted by Crippen LogP contribution is 2.36. The summed E-state index contributed by atoms with van der Waals surface area (Å²) in [7, 11) is 0. The normalized spacial score (nSPS) is 17.7. The van der Waals surface area contributed by atoms with Gasteiger partial charge in [-0.1, -0.05) is 20.8 Å². The van der Waals surface area contributed by atoms with Gasteiger partial charge in [0.25, 0.3) is 0 Å². The summed E-state index contributed by atoms with van der Waals surface area (Å²) >= 11 is 0. The molecule has 27 heavy (non-hydrogen) atoms. The lowest BCUT2D eigenvalue weighted by molar-refractivity contribution is -0.137. The molecule has 0 radical (unpaired) electrons. The van der Waals surface area contributed by atoms with E-state index in [1.54, 1.807) is 4.90 Å². The number of amides is 2. The number of carbonyl (C=O) groups excluding carboxylic acids is 2. The Morgan fingerprint density at radius 3 is 2.15 bits per heavy atom. The van der Waals surface area contributed by atoms with Gasteiger partial charge in [-0.3, -0.25) is 9.59 Å². The first-order valence-electron chi connectivity index (χ1n) is 8.87. The Kier molecular flexibility index (Phi) is 5.89. The second kappa shape index (κ2) is 7.50. The maximum Gasteiger partial charge on any atom is 0.416 e. The Bertz CT molecular complexity index is 718. The zero-order valence-electron chi connectivity index (χ0n) is 15.8. The molecular formula is C19H26F3N3O2. The monoisotopic (exact) mass is 385 g/mol. The molecule has 0 unspecified atom stereocenters. The van der Waals surface area contributed by atoms with Crippen LogP contribution in [0, 0.1) is 5.41 Å². The third-order valence-electron chi connectivity index (χ3n) is 5.09. The molecule has 1 aliphatic rings. The van der Waals surface area contributed by atoms with Gasteiger partial charge in [0.1, 0.15) is 0 Å². The molecule has 0 saturated carbocycles. The molecule has 1 saturated heterocycles. The van der Waals surface area contributed by atoms with Gasteiger partial charge in [-0.2, -0.15) is 13.2 Å². The summed E-state index contributed by atoms with van der Waals surface area (Å²) in [5.74, 6) is -1.20. The van der Waals surface area contributed by atoms with Gasteiger partial charge in [0.05, 0.1) is 11.6 Å². The average Bonchev–Trinajstić information content (AvgIpc) is 2.58. The maximum absolute atomic E-state index is 13.1. The van der Waals surface area contributed by atoms with E-state index >= 15 is 0 Å². The third kappa shape index (κ3) is 4.80. The summed E-state index contributed by atoms with van der Waals surface area (Å²) in [4.78, 5) is 25.8. The molecule has 150 valence electrons. The highest BCUT2D eigenvalue weighted by Gasteiger charge is 2.35. The van der Waals surface area contributed by atoms with Crippen LogP contribution >= 0.6 is 0 Å². The van der Waals surface area contributed by atoms with E-state index in [0.717, 1.165) is 18.2 Å². The number of hydrogen-bond acceptors (Lipinski definition) is 3. The number of nitrogens with two attached hydrogens (primary N) is 2. The van der Waals surface area contributed by atoms with Gasteiger partial charge in [-0.05, 0) is 47.9 Å². The van der Waals surface area contributed by atoms with Crippen molar-refractivity contribution in [1.29, 1.82) is 0 Å². The van der Waals surface area contributed by atoms with Gasteiger partial charge in [-0.25, -0.2) is 0 Å². The third-order valence-corrected chi connectivity index (χ3v) is 5.09. The van der Waals surface area contributed by atoms with Crippen LogP contribution in [0.1, 0.15) is 61.0 Å². The molecule has 1 heterocycles. The Balaban J connectivity index is 2.20. The quantitative estimate of drug-likeness (QED) is 0.838. The molecule has 1 fully saturated rings. The van der Waals surface area contributed by atoms with Crippen LogP contribution in [0.2, 0.25) is 0 Å². The summed E-state index contributed by atoms with van der Waals surface area (Å²) in [5, 5.41) is 0. The second-order valence-corrected chi connectivity index (χ2v) is 8.11. The maximum atomic E-state index is 13.1. The van der Waals surface area contributed by atoms with Crippen LogP contribution in [0.3, 0.4) is 0 Å². The lowest BCUT2D eigenvalue weighted by Gasteiger charge is -2.37.